The molecule has 1 N–H and O–H groups in total. The molecule has 2 heterocycles. The van der Waals surface area contributed by atoms with Crippen molar-refractivity contribution in [2.24, 2.45) is 5.41 Å². The Bertz CT molecular complexity index is 1430. The molecule has 262 valence electrons. The molecule has 5 aliphatic rings. The Morgan fingerprint density at radius 3 is 2.04 bits per heavy atom. The van der Waals surface area contributed by atoms with Crippen LogP contribution in [-0.4, -0.2) is 58.1 Å². The zero-order valence-corrected chi connectivity index (χ0v) is 33.7. The van der Waals surface area contributed by atoms with E-state index >= 15 is 0 Å². The first-order valence-electron chi connectivity index (χ1n) is 18.0. The Morgan fingerprint density at radius 1 is 0.872 bits per heavy atom. The minimum atomic E-state index is -3.04. The second kappa shape index (κ2) is 11.2. The van der Waals surface area contributed by atoms with Crippen LogP contribution in [0, 0.1) is 5.41 Å². The molecule has 0 radical (unpaired) electrons. The van der Waals surface area contributed by atoms with Crippen molar-refractivity contribution in [3.8, 4) is 0 Å². The summed E-state index contributed by atoms with van der Waals surface area (Å²) in [4.78, 5) is 0. The standard InChI is InChI=1S/C39H62O6Si2/c1-24-26-22-29-32-28(41-34(42-29)25-18-16-15-17-19-25)21-20-27(40)31(32)33-39(38(26,11)12,23-30(24)43-46(13,14)35(2,3)4)45-47(44-33,36(5,6)7)37(8,9)10/h15-19,27-30,33-34,40H,20-23H2,1-14H3/t27-,28+,29+,30+,33+,34-,39-/m1/s1. The highest BCUT2D eigenvalue weighted by molar-refractivity contribution is 6.74. The van der Waals surface area contributed by atoms with Gasteiger partial charge in [-0.1, -0.05) is 112 Å². The number of benzene rings is 1. The second-order valence-corrected chi connectivity index (χ2v) is 28.6. The van der Waals surface area contributed by atoms with Crippen LogP contribution in [0.1, 0.15) is 121 Å². The Hall–Kier alpha value is -1.11. The van der Waals surface area contributed by atoms with Gasteiger partial charge < -0.3 is 27.9 Å². The number of aliphatic hydroxyl groups is 1. The van der Waals surface area contributed by atoms with Gasteiger partial charge in [0.05, 0.1) is 30.0 Å². The lowest BCUT2D eigenvalue weighted by molar-refractivity contribution is -0.228. The van der Waals surface area contributed by atoms with Crippen molar-refractivity contribution in [1.29, 1.82) is 0 Å². The molecule has 8 heteroatoms. The van der Waals surface area contributed by atoms with E-state index in [1.54, 1.807) is 0 Å². The maximum Gasteiger partial charge on any atom is 0.350 e. The quantitative estimate of drug-likeness (QED) is 0.253. The van der Waals surface area contributed by atoms with Gasteiger partial charge in [0, 0.05) is 27.5 Å². The number of ether oxygens (including phenoxy) is 2. The van der Waals surface area contributed by atoms with E-state index in [0.717, 1.165) is 23.1 Å². The molecule has 0 saturated carbocycles. The molecule has 3 aliphatic carbocycles. The first-order chi connectivity index (χ1) is 21.5. The fraction of sp³-hybridized carbons (Fsp3) is 0.744. The van der Waals surface area contributed by atoms with E-state index in [0.29, 0.717) is 19.3 Å². The Balaban J connectivity index is 1.62. The van der Waals surface area contributed by atoms with E-state index in [1.165, 1.54) is 11.1 Å². The first-order valence-corrected chi connectivity index (χ1v) is 22.7. The van der Waals surface area contributed by atoms with Crippen molar-refractivity contribution < 1.29 is 27.9 Å². The molecular formula is C39H62O6Si2. The summed E-state index contributed by atoms with van der Waals surface area (Å²) in [5, 5.41) is 11.7. The van der Waals surface area contributed by atoms with Gasteiger partial charge in [-0.3, -0.25) is 0 Å². The fourth-order valence-corrected chi connectivity index (χ4v) is 15.9. The zero-order valence-electron chi connectivity index (χ0n) is 31.7. The molecule has 2 fully saturated rings. The molecule has 2 saturated heterocycles. The van der Waals surface area contributed by atoms with Crippen LogP contribution >= 0.6 is 0 Å². The minimum absolute atomic E-state index is 0.0572. The molecule has 1 aromatic carbocycles. The number of rotatable bonds is 3. The predicted molar refractivity (Wildman–Crippen MR) is 193 cm³/mol. The summed E-state index contributed by atoms with van der Waals surface area (Å²) in [7, 11) is -5.21. The third-order valence-corrected chi connectivity index (χ3v) is 22.6. The van der Waals surface area contributed by atoms with Gasteiger partial charge in [-0.25, -0.2) is 0 Å². The molecule has 6 rings (SSSR count). The molecule has 0 aromatic heterocycles. The number of hydrogen-bond donors (Lipinski definition) is 1. The van der Waals surface area contributed by atoms with Gasteiger partial charge in [0.25, 0.3) is 0 Å². The topological polar surface area (TPSA) is 66.4 Å². The largest absolute Gasteiger partial charge is 0.410 e. The van der Waals surface area contributed by atoms with E-state index in [1.807, 2.05) is 18.2 Å². The molecule has 1 aromatic rings. The monoisotopic (exact) mass is 682 g/mol. The van der Waals surface area contributed by atoms with Crippen LogP contribution in [-0.2, 0) is 22.8 Å². The summed E-state index contributed by atoms with van der Waals surface area (Å²) >= 11 is 0. The molecule has 2 bridgehead atoms. The van der Waals surface area contributed by atoms with Gasteiger partial charge in [0.2, 0.25) is 0 Å². The van der Waals surface area contributed by atoms with Gasteiger partial charge in [-0.05, 0) is 61.0 Å². The predicted octanol–water partition coefficient (Wildman–Crippen LogP) is 9.66. The van der Waals surface area contributed by atoms with Gasteiger partial charge in [-0.15, -0.1) is 0 Å². The highest BCUT2D eigenvalue weighted by atomic mass is 28.4. The third kappa shape index (κ3) is 5.30. The molecule has 0 amide bonds. The van der Waals surface area contributed by atoms with Gasteiger partial charge in [0.15, 0.2) is 14.6 Å². The van der Waals surface area contributed by atoms with Crippen molar-refractivity contribution in [2.45, 2.75) is 179 Å². The van der Waals surface area contributed by atoms with Crippen LogP contribution in [0.2, 0.25) is 28.2 Å². The molecule has 1 spiro atoms. The number of fused-ring (bicyclic) bond motifs is 2. The average molecular weight is 683 g/mol. The van der Waals surface area contributed by atoms with E-state index in [2.05, 4.69) is 108 Å². The van der Waals surface area contributed by atoms with Crippen molar-refractivity contribution in [2.75, 3.05) is 0 Å². The van der Waals surface area contributed by atoms with E-state index in [4.69, 9.17) is 22.8 Å². The van der Waals surface area contributed by atoms with Crippen molar-refractivity contribution in [1.82, 2.24) is 0 Å². The molecule has 7 atom stereocenters. The smallest absolute Gasteiger partial charge is 0.350 e. The van der Waals surface area contributed by atoms with Crippen LogP contribution < -0.4 is 0 Å². The van der Waals surface area contributed by atoms with E-state index < -0.39 is 46.4 Å². The van der Waals surface area contributed by atoms with Gasteiger partial charge in [0.1, 0.15) is 6.10 Å². The Morgan fingerprint density at radius 2 is 1.47 bits per heavy atom. The van der Waals surface area contributed by atoms with Crippen LogP contribution in [0.25, 0.3) is 0 Å². The Labute approximate surface area is 287 Å². The SMILES string of the molecule is CC1=C2C[C@@H]3O[C@H](c4ccccc4)O[C@H]4CC[C@@H](O)C(=C43)[C@@H]3O[Si](C(C)(C)C)(C(C)(C)C)O[C@@]3(C[C@@H]1O[Si](C)(C)C(C)(C)C)C2(C)C. The molecule has 6 nitrogen and oxygen atoms in total. The van der Waals surface area contributed by atoms with E-state index in [9.17, 15) is 5.11 Å². The van der Waals surface area contributed by atoms with Crippen LogP contribution in [0.5, 0.6) is 0 Å². The summed E-state index contributed by atoms with van der Waals surface area (Å²) in [6.07, 6.45) is 0.712. The first kappa shape index (κ1) is 35.7. The summed E-state index contributed by atoms with van der Waals surface area (Å²) in [5.41, 5.74) is 4.59. The molecule has 47 heavy (non-hydrogen) atoms. The highest BCUT2D eigenvalue weighted by Crippen LogP contribution is 2.68. The lowest BCUT2D eigenvalue weighted by atomic mass is 9.55. The zero-order chi connectivity index (χ0) is 34.8. The van der Waals surface area contributed by atoms with Gasteiger partial charge in [-0.2, -0.15) is 0 Å². The summed E-state index contributed by atoms with van der Waals surface area (Å²) < 4.78 is 36.9. The summed E-state index contributed by atoms with van der Waals surface area (Å²) in [5.74, 6) is 0. The van der Waals surface area contributed by atoms with Crippen molar-refractivity contribution in [3.63, 3.8) is 0 Å². The maximum absolute atomic E-state index is 12.1. The van der Waals surface area contributed by atoms with Crippen LogP contribution in [0.15, 0.2) is 52.6 Å². The van der Waals surface area contributed by atoms with Gasteiger partial charge >= 0.3 is 8.56 Å². The second-order valence-electron chi connectivity index (χ2n) is 19.2. The Kier molecular flexibility index (Phi) is 8.51. The number of hydrogen-bond acceptors (Lipinski definition) is 6. The number of aliphatic hydroxyl groups excluding tert-OH is 1. The van der Waals surface area contributed by atoms with Crippen LogP contribution in [0.4, 0.5) is 0 Å². The maximum atomic E-state index is 12.1. The molecule has 2 aliphatic heterocycles. The lowest BCUT2D eigenvalue weighted by Gasteiger charge is -2.59. The molecule has 0 unspecified atom stereocenters. The third-order valence-electron chi connectivity index (χ3n) is 12.9. The normalized spacial score (nSPS) is 35.6. The summed E-state index contributed by atoms with van der Waals surface area (Å²) in [6, 6.07) is 10.3. The van der Waals surface area contributed by atoms with Crippen molar-refractivity contribution in [3.05, 3.63) is 58.2 Å². The highest BCUT2D eigenvalue weighted by Gasteiger charge is 2.75. The van der Waals surface area contributed by atoms with Crippen LogP contribution in [0.3, 0.4) is 0 Å². The minimum Gasteiger partial charge on any atom is -0.410 e. The van der Waals surface area contributed by atoms with Crippen molar-refractivity contribution >= 4 is 16.9 Å². The average Bonchev–Trinajstić information content (AvgIpc) is 3.31. The fourth-order valence-electron chi connectivity index (χ4n) is 9.38. The van der Waals surface area contributed by atoms with E-state index in [-0.39, 0.29) is 33.4 Å². The lowest BCUT2D eigenvalue weighted by Crippen LogP contribution is -2.64. The summed E-state index contributed by atoms with van der Waals surface area (Å²) in [6.45, 7) is 32.4. The molecular weight excluding hydrogens is 621 g/mol.